The van der Waals surface area contributed by atoms with E-state index in [9.17, 15) is 5.11 Å². The second-order valence-electron chi connectivity index (χ2n) is 4.24. The van der Waals surface area contributed by atoms with Gasteiger partial charge in [-0.3, -0.25) is 0 Å². The standard InChI is InChI=1S/C12H16BrNO/c1-7-6-8(2)11(13)12(15)10(7)9-4-3-5-14-9/h6,9,14-15H,3-5H2,1-2H3. The Labute approximate surface area is 98.8 Å². The van der Waals surface area contributed by atoms with Crippen molar-refractivity contribution >= 4 is 15.9 Å². The van der Waals surface area contributed by atoms with Gasteiger partial charge in [-0.1, -0.05) is 6.07 Å². The summed E-state index contributed by atoms with van der Waals surface area (Å²) in [6.45, 7) is 5.12. The highest BCUT2D eigenvalue weighted by atomic mass is 79.9. The number of halogens is 1. The molecular weight excluding hydrogens is 254 g/mol. The molecule has 0 saturated carbocycles. The Balaban J connectivity index is 2.50. The van der Waals surface area contributed by atoms with Gasteiger partial charge < -0.3 is 10.4 Å². The molecule has 1 aromatic rings. The number of benzene rings is 1. The highest BCUT2D eigenvalue weighted by Crippen LogP contribution is 2.39. The first-order valence-corrected chi connectivity index (χ1v) is 6.12. The van der Waals surface area contributed by atoms with Crippen LogP contribution in [0.4, 0.5) is 0 Å². The zero-order valence-corrected chi connectivity index (χ0v) is 10.7. The topological polar surface area (TPSA) is 32.3 Å². The maximum absolute atomic E-state index is 10.1. The molecule has 15 heavy (non-hydrogen) atoms. The summed E-state index contributed by atoms with van der Waals surface area (Å²) in [5.74, 6) is 0.409. The zero-order valence-electron chi connectivity index (χ0n) is 9.10. The normalized spacial score (nSPS) is 20.9. The van der Waals surface area contributed by atoms with E-state index in [1.807, 2.05) is 6.92 Å². The molecule has 1 aromatic carbocycles. The molecule has 0 spiro atoms. The van der Waals surface area contributed by atoms with Gasteiger partial charge in [-0.2, -0.15) is 0 Å². The number of aromatic hydroxyl groups is 1. The number of rotatable bonds is 1. The first-order chi connectivity index (χ1) is 7.11. The van der Waals surface area contributed by atoms with Crippen molar-refractivity contribution in [2.24, 2.45) is 0 Å². The van der Waals surface area contributed by atoms with Gasteiger partial charge in [-0.15, -0.1) is 0 Å². The molecule has 0 aromatic heterocycles. The molecule has 0 amide bonds. The second-order valence-corrected chi connectivity index (χ2v) is 5.03. The van der Waals surface area contributed by atoms with Gasteiger partial charge in [0.05, 0.1) is 4.47 Å². The molecule has 1 saturated heterocycles. The van der Waals surface area contributed by atoms with Crippen LogP contribution >= 0.6 is 15.9 Å². The van der Waals surface area contributed by atoms with Crippen LogP contribution in [-0.2, 0) is 0 Å². The maximum Gasteiger partial charge on any atom is 0.135 e. The fraction of sp³-hybridized carbons (Fsp3) is 0.500. The lowest BCUT2D eigenvalue weighted by Crippen LogP contribution is -2.14. The summed E-state index contributed by atoms with van der Waals surface area (Å²) in [5, 5.41) is 13.6. The number of nitrogens with one attached hydrogen (secondary N) is 1. The van der Waals surface area contributed by atoms with Gasteiger partial charge in [0.15, 0.2) is 0 Å². The van der Waals surface area contributed by atoms with Crippen LogP contribution in [0.25, 0.3) is 0 Å². The van der Waals surface area contributed by atoms with Gasteiger partial charge in [-0.25, -0.2) is 0 Å². The van der Waals surface area contributed by atoms with E-state index in [0.717, 1.165) is 28.6 Å². The predicted octanol–water partition coefficient (Wildman–Crippen LogP) is 3.20. The predicted molar refractivity (Wildman–Crippen MR) is 65.3 cm³/mol. The SMILES string of the molecule is Cc1cc(C)c(C2CCCN2)c(O)c1Br. The van der Waals surface area contributed by atoms with Crippen molar-refractivity contribution in [2.75, 3.05) is 6.54 Å². The van der Waals surface area contributed by atoms with Crippen molar-refractivity contribution in [3.63, 3.8) is 0 Å². The third-order valence-electron chi connectivity index (χ3n) is 3.08. The van der Waals surface area contributed by atoms with Crippen LogP contribution in [0.15, 0.2) is 10.5 Å². The molecule has 1 heterocycles. The highest BCUT2D eigenvalue weighted by Gasteiger charge is 2.23. The summed E-state index contributed by atoms with van der Waals surface area (Å²) in [7, 11) is 0. The first kappa shape index (κ1) is 11.0. The quantitative estimate of drug-likeness (QED) is 0.821. The van der Waals surface area contributed by atoms with Crippen LogP contribution in [0, 0.1) is 13.8 Å². The van der Waals surface area contributed by atoms with Gasteiger partial charge >= 0.3 is 0 Å². The van der Waals surface area contributed by atoms with Crippen LogP contribution in [-0.4, -0.2) is 11.7 Å². The molecule has 2 N–H and O–H groups in total. The smallest absolute Gasteiger partial charge is 0.135 e. The molecule has 1 atom stereocenters. The Kier molecular flexibility index (Phi) is 3.03. The van der Waals surface area contributed by atoms with Crippen molar-refractivity contribution in [2.45, 2.75) is 32.7 Å². The minimum atomic E-state index is 0.321. The molecule has 0 radical (unpaired) electrons. The summed E-state index contributed by atoms with van der Waals surface area (Å²) in [6.07, 6.45) is 2.30. The fourth-order valence-corrected chi connectivity index (χ4v) is 2.66. The monoisotopic (exact) mass is 269 g/mol. The molecule has 1 unspecified atom stereocenters. The van der Waals surface area contributed by atoms with E-state index >= 15 is 0 Å². The van der Waals surface area contributed by atoms with Crippen molar-refractivity contribution in [1.82, 2.24) is 5.32 Å². The lowest BCUT2D eigenvalue weighted by Gasteiger charge is -2.18. The van der Waals surface area contributed by atoms with Crippen LogP contribution in [0.5, 0.6) is 5.75 Å². The first-order valence-electron chi connectivity index (χ1n) is 5.33. The number of hydrogen-bond donors (Lipinski definition) is 2. The molecule has 1 fully saturated rings. The Bertz CT molecular complexity index is 384. The minimum absolute atomic E-state index is 0.321. The summed E-state index contributed by atoms with van der Waals surface area (Å²) >= 11 is 3.43. The van der Waals surface area contributed by atoms with E-state index < -0.39 is 0 Å². The van der Waals surface area contributed by atoms with Crippen molar-refractivity contribution < 1.29 is 5.11 Å². The summed E-state index contributed by atoms with van der Waals surface area (Å²) < 4.78 is 0.830. The molecular formula is C12H16BrNO. The largest absolute Gasteiger partial charge is 0.506 e. The zero-order chi connectivity index (χ0) is 11.0. The van der Waals surface area contributed by atoms with Crippen molar-refractivity contribution in [3.8, 4) is 5.75 Å². The molecule has 0 aliphatic carbocycles. The average Bonchev–Trinajstić information content (AvgIpc) is 2.68. The molecule has 82 valence electrons. The Morgan fingerprint density at radius 1 is 1.40 bits per heavy atom. The van der Waals surface area contributed by atoms with Gasteiger partial charge in [0, 0.05) is 11.6 Å². The van der Waals surface area contributed by atoms with E-state index in [1.54, 1.807) is 0 Å². The Morgan fingerprint density at radius 3 is 2.73 bits per heavy atom. The van der Waals surface area contributed by atoms with Gasteiger partial charge in [0.2, 0.25) is 0 Å². The molecule has 3 heteroatoms. The van der Waals surface area contributed by atoms with E-state index in [0.29, 0.717) is 11.8 Å². The van der Waals surface area contributed by atoms with Crippen LogP contribution in [0.1, 0.15) is 35.6 Å². The summed E-state index contributed by atoms with van der Waals surface area (Å²) in [6, 6.07) is 2.45. The average molecular weight is 270 g/mol. The Morgan fingerprint density at radius 2 is 2.13 bits per heavy atom. The maximum atomic E-state index is 10.1. The number of phenolic OH excluding ortho intramolecular Hbond substituents is 1. The van der Waals surface area contributed by atoms with Crippen LogP contribution in [0.2, 0.25) is 0 Å². The van der Waals surface area contributed by atoms with Crippen LogP contribution < -0.4 is 5.32 Å². The third kappa shape index (κ3) is 1.91. The van der Waals surface area contributed by atoms with E-state index in [1.165, 1.54) is 12.0 Å². The fourth-order valence-electron chi connectivity index (χ4n) is 2.33. The van der Waals surface area contributed by atoms with Gasteiger partial charge in [0.25, 0.3) is 0 Å². The van der Waals surface area contributed by atoms with Crippen LogP contribution in [0.3, 0.4) is 0 Å². The van der Waals surface area contributed by atoms with E-state index in [4.69, 9.17) is 0 Å². The Hall–Kier alpha value is -0.540. The van der Waals surface area contributed by atoms with Gasteiger partial charge in [0.1, 0.15) is 5.75 Å². The minimum Gasteiger partial charge on any atom is -0.506 e. The lowest BCUT2D eigenvalue weighted by molar-refractivity contribution is 0.452. The third-order valence-corrected chi connectivity index (χ3v) is 4.08. The van der Waals surface area contributed by atoms with E-state index in [-0.39, 0.29) is 0 Å². The van der Waals surface area contributed by atoms with Crippen molar-refractivity contribution in [3.05, 3.63) is 27.2 Å². The number of hydrogen-bond acceptors (Lipinski definition) is 2. The molecule has 2 rings (SSSR count). The number of phenols is 1. The molecule has 1 aliphatic rings. The molecule has 2 nitrogen and oxygen atoms in total. The summed E-state index contributed by atoms with van der Waals surface area (Å²) in [4.78, 5) is 0. The van der Waals surface area contributed by atoms with Crippen molar-refractivity contribution in [1.29, 1.82) is 0 Å². The highest BCUT2D eigenvalue weighted by molar-refractivity contribution is 9.10. The van der Waals surface area contributed by atoms with Gasteiger partial charge in [-0.05, 0) is 60.3 Å². The second kappa shape index (κ2) is 4.14. The lowest BCUT2D eigenvalue weighted by atomic mass is 9.97. The summed E-state index contributed by atoms with van der Waals surface area (Å²) in [5.41, 5.74) is 3.32. The molecule has 1 aliphatic heterocycles. The molecule has 0 bridgehead atoms. The number of aryl methyl sites for hydroxylation is 2. The van der Waals surface area contributed by atoms with E-state index in [2.05, 4.69) is 34.2 Å².